The first kappa shape index (κ1) is 22.9. The van der Waals surface area contributed by atoms with Crippen LogP contribution < -0.4 is 14.4 Å². The highest BCUT2D eigenvalue weighted by Gasteiger charge is 2.43. The Morgan fingerprint density at radius 2 is 1.48 bits per heavy atom. The maximum atomic E-state index is 13.9. The van der Waals surface area contributed by atoms with Gasteiger partial charge in [0.05, 0.1) is 25.5 Å². The van der Waals surface area contributed by atoms with Crippen LogP contribution in [0, 0.1) is 13.8 Å². The molecule has 0 atom stereocenters. The summed E-state index contributed by atoms with van der Waals surface area (Å²) in [4.78, 5) is 33.4. The van der Waals surface area contributed by atoms with Crippen LogP contribution >= 0.6 is 0 Å². The Balaban J connectivity index is 1.83. The van der Waals surface area contributed by atoms with Gasteiger partial charge in [-0.3, -0.25) is 9.59 Å². The summed E-state index contributed by atoms with van der Waals surface area (Å²) in [7, 11) is 3.09. The molecule has 2 amide bonds. The zero-order chi connectivity index (χ0) is 23.7. The summed E-state index contributed by atoms with van der Waals surface area (Å²) < 4.78 is 10.8. The number of benzene rings is 2. The fourth-order valence-corrected chi connectivity index (χ4v) is 4.59. The number of methoxy groups -OCH3 is 2. The number of hydrogen-bond acceptors (Lipinski definition) is 6. The van der Waals surface area contributed by atoms with Crippen molar-refractivity contribution in [1.29, 1.82) is 0 Å². The summed E-state index contributed by atoms with van der Waals surface area (Å²) in [6, 6.07) is 11.1. The molecular formula is C26H31N3O4. The van der Waals surface area contributed by atoms with Gasteiger partial charge in [0, 0.05) is 44.4 Å². The molecule has 2 aromatic rings. The van der Waals surface area contributed by atoms with Crippen molar-refractivity contribution in [2.75, 3.05) is 51.8 Å². The van der Waals surface area contributed by atoms with Crippen molar-refractivity contribution in [1.82, 2.24) is 9.80 Å². The second-order valence-corrected chi connectivity index (χ2v) is 8.48. The van der Waals surface area contributed by atoms with Crippen LogP contribution in [0.25, 0.3) is 5.57 Å². The van der Waals surface area contributed by atoms with Gasteiger partial charge in [0.2, 0.25) is 0 Å². The van der Waals surface area contributed by atoms with Crippen LogP contribution in [0.1, 0.15) is 23.6 Å². The van der Waals surface area contributed by atoms with Gasteiger partial charge in [-0.05, 0) is 31.5 Å². The van der Waals surface area contributed by atoms with Crippen LogP contribution in [0.5, 0.6) is 11.5 Å². The number of nitrogens with zero attached hydrogens (tertiary/aromatic N) is 3. The molecular weight excluding hydrogens is 418 g/mol. The average molecular weight is 450 g/mol. The summed E-state index contributed by atoms with van der Waals surface area (Å²) in [5, 5.41) is 0. The van der Waals surface area contributed by atoms with E-state index in [4.69, 9.17) is 9.47 Å². The quantitative estimate of drug-likeness (QED) is 0.631. The van der Waals surface area contributed by atoms with E-state index in [0.29, 0.717) is 41.5 Å². The van der Waals surface area contributed by atoms with Crippen LogP contribution in [0.3, 0.4) is 0 Å². The van der Waals surface area contributed by atoms with Crippen molar-refractivity contribution < 1.29 is 19.1 Å². The molecule has 0 bridgehead atoms. The topological polar surface area (TPSA) is 62.3 Å². The first-order chi connectivity index (χ1) is 15.9. The number of carbonyl (C=O) groups is 2. The van der Waals surface area contributed by atoms with Gasteiger partial charge < -0.3 is 19.3 Å². The van der Waals surface area contributed by atoms with Gasteiger partial charge in [0.15, 0.2) is 0 Å². The number of anilines is 1. The number of hydrogen-bond donors (Lipinski definition) is 0. The molecule has 2 aliphatic rings. The summed E-state index contributed by atoms with van der Waals surface area (Å²) in [6.07, 6.45) is 0. The lowest BCUT2D eigenvalue weighted by Crippen LogP contribution is -2.47. The van der Waals surface area contributed by atoms with Crippen molar-refractivity contribution in [2.45, 2.75) is 20.8 Å². The van der Waals surface area contributed by atoms with E-state index in [1.54, 1.807) is 32.4 Å². The van der Waals surface area contributed by atoms with E-state index in [0.717, 1.165) is 36.3 Å². The number of ether oxygens (including phenoxy) is 2. The minimum Gasteiger partial charge on any atom is -0.497 e. The molecule has 4 rings (SSSR count). The average Bonchev–Trinajstić information content (AvgIpc) is 3.08. The van der Waals surface area contributed by atoms with Crippen molar-refractivity contribution in [3.8, 4) is 11.5 Å². The molecule has 0 aliphatic carbocycles. The van der Waals surface area contributed by atoms with Gasteiger partial charge in [-0.15, -0.1) is 0 Å². The Morgan fingerprint density at radius 3 is 2.03 bits per heavy atom. The van der Waals surface area contributed by atoms with Crippen LogP contribution in [0.2, 0.25) is 0 Å². The molecule has 2 aromatic carbocycles. The molecule has 33 heavy (non-hydrogen) atoms. The van der Waals surface area contributed by atoms with Gasteiger partial charge in [0.25, 0.3) is 11.8 Å². The van der Waals surface area contributed by atoms with E-state index < -0.39 is 0 Å². The number of rotatable bonds is 6. The fourth-order valence-electron chi connectivity index (χ4n) is 4.59. The highest BCUT2D eigenvalue weighted by atomic mass is 16.5. The van der Waals surface area contributed by atoms with Crippen molar-refractivity contribution in [3.63, 3.8) is 0 Å². The third kappa shape index (κ3) is 4.20. The van der Waals surface area contributed by atoms with Crippen LogP contribution in [0.15, 0.2) is 42.1 Å². The Hall–Kier alpha value is -3.32. The van der Waals surface area contributed by atoms with E-state index >= 15 is 0 Å². The highest BCUT2D eigenvalue weighted by molar-refractivity contribution is 6.45. The number of carbonyl (C=O) groups excluding carboxylic acids is 2. The Kier molecular flexibility index (Phi) is 6.42. The Labute approximate surface area is 195 Å². The van der Waals surface area contributed by atoms with Gasteiger partial charge in [-0.1, -0.05) is 30.7 Å². The summed E-state index contributed by atoms with van der Waals surface area (Å²) in [5.41, 5.74) is 4.26. The second kappa shape index (κ2) is 9.27. The maximum absolute atomic E-state index is 13.9. The molecule has 174 valence electrons. The van der Waals surface area contributed by atoms with Crippen LogP contribution in [0.4, 0.5) is 5.69 Å². The summed E-state index contributed by atoms with van der Waals surface area (Å²) >= 11 is 0. The molecule has 0 spiro atoms. The standard InChI is InChI=1S/C26H31N3O4/c1-6-27-9-11-28(12-10-27)24-23(22-8-7-17(2)13-18(22)3)25(30)29(26(24)31)19-14-20(32-4)16-21(15-19)33-5/h7-8,13-16H,6,9-12H2,1-5H3. The van der Waals surface area contributed by atoms with E-state index in [1.807, 2.05) is 32.0 Å². The van der Waals surface area contributed by atoms with Gasteiger partial charge >= 0.3 is 0 Å². The van der Waals surface area contributed by atoms with E-state index in [1.165, 1.54) is 4.90 Å². The van der Waals surface area contributed by atoms with E-state index in [2.05, 4.69) is 16.7 Å². The van der Waals surface area contributed by atoms with E-state index in [9.17, 15) is 9.59 Å². The Morgan fingerprint density at radius 1 is 0.848 bits per heavy atom. The molecule has 7 nitrogen and oxygen atoms in total. The molecule has 2 heterocycles. The van der Waals surface area contributed by atoms with E-state index in [-0.39, 0.29) is 11.8 Å². The molecule has 7 heteroatoms. The molecule has 0 saturated carbocycles. The van der Waals surface area contributed by atoms with Crippen molar-refractivity contribution in [2.24, 2.45) is 0 Å². The highest BCUT2D eigenvalue weighted by Crippen LogP contribution is 2.38. The van der Waals surface area contributed by atoms with Crippen LogP contribution in [-0.2, 0) is 9.59 Å². The van der Waals surface area contributed by atoms with Gasteiger partial charge in [-0.25, -0.2) is 4.90 Å². The largest absolute Gasteiger partial charge is 0.497 e. The molecule has 0 N–H and O–H groups in total. The third-order valence-corrected chi connectivity index (χ3v) is 6.44. The van der Waals surface area contributed by atoms with Gasteiger partial charge in [-0.2, -0.15) is 0 Å². The SMILES string of the molecule is CCN1CCN(C2=C(c3ccc(C)cc3C)C(=O)N(c3cc(OC)cc(OC)c3)C2=O)CC1. The lowest BCUT2D eigenvalue weighted by atomic mass is 9.97. The van der Waals surface area contributed by atoms with Crippen molar-refractivity contribution >= 4 is 23.1 Å². The first-order valence-corrected chi connectivity index (χ1v) is 11.3. The maximum Gasteiger partial charge on any atom is 0.282 e. The molecule has 0 radical (unpaired) electrons. The molecule has 1 fully saturated rings. The minimum absolute atomic E-state index is 0.310. The summed E-state index contributed by atoms with van der Waals surface area (Å²) in [5.74, 6) is 0.400. The third-order valence-electron chi connectivity index (χ3n) is 6.44. The summed E-state index contributed by atoms with van der Waals surface area (Å²) in [6.45, 7) is 10.2. The number of imide groups is 1. The lowest BCUT2D eigenvalue weighted by Gasteiger charge is -2.36. The smallest absolute Gasteiger partial charge is 0.282 e. The molecule has 0 aromatic heterocycles. The van der Waals surface area contributed by atoms with Crippen LogP contribution in [-0.4, -0.2) is 68.6 Å². The normalized spacial score (nSPS) is 17.2. The predicted molar refractivity (Wildman–Crippen MR) is 129 cm³/mol. The fraction of sp³-hybridized carbons (Fsp3) is 0.385. The molecule has 0 unspecified atom stereocenters. The predicted octanol–water partition coefficient (Wildman–Crippen LogP) is 3.24. The van der Waals surface area contributed by atoms with Crippen molar-refractivity contribution in [3.05, 3.63) is 58.8 Å². The monoisotopic (exact) mass is 449 g/mol. The number of amides is 2. The lowest BCUT2D eigenvalue weighted by molar-refractivity contribution is -0.120. The molecule has 1 saturated heterocycles. The number of aryl methyl sites for hydroxylation is 2. The number of piperazine rings is 1. The second-order valence-electron chi connectivity index (χ2n) is 8.48. The Bertz CT molecular complexity index is 1090. The zero-order valence-electron chi connectivity index (χ0n) is 20.0. The first-order valence-electron chi connectivity index (χ1n) is 11.3. The minimum atomic E-state index is -0.324. The molecule has 2 aliphatic heterocycles. The zero-order valence-corrected chi connectivity index (χ0v) is 20.0. The number of likely N-dealkylation sites (N-methyl/N-ethyl adjacent to an activating group) is 1. The van der Waals surface area contributed by atoms with Gasteiger partial charge in [0.1, 0.15) is 17.2 Å².